The van der Waals surface area contributed by atoms with E-state index in [2.05, 4.69) is 27.3 Å². The molecule has 0 radical (unpaired) electrons. The maximum Gasteiger partial charge on any atom is 0.127 e. The molecule has 3 nitrogen and oxygen atoms in total. The molecule has 1 aromatic carbocycles. The van der Waals surface area contributed by atoms with E-state index >= 15 is 0 Å². The number of rotatable bonds is 4. The molecule has 0 spiro atoms. The lowest BCUT2D eigenvalue weighted by molar-refractivity contribution is -0.0755. The molecular weight excluding hydrogens is 287 g/mol. The maximum atomic E-state index is 13.4. The van der Waals surface area contributed by atoms with E-state index in [1.807, 2.05) is 0 Å². The third-order valence-corrected chi connectivity index (χ3v) is 3.27. The Balaban J connectivity index is 1.90. The van der Waals surface area contributed by atoms with Gasteiger partial charge in [-0.25, -0.2) is 4.39 Å². The number of hydrogen-bond donors (Lipinski definition) is 1. The minimum absolute atomic E-state index is 0.239. The van der Waals surface area contributed by atoms with Gasteiger partial charge in [0.05, 0.1) is 19.3 Å². The second-order valence-corrected chi connectivity index (χ2v) is 5.14. The monoisotopic (exact) mass is 298 g/mol. The number of ether oxygens (including phenoxy) is 1. The lowest BCUT2D eigenvalue weighted by Gasteiger charge is -2.35. The van der Waals surface area contributed by atoms with Gasteiger partial charge in [-0.1, -0.05) is 15.9 Å². The largest absolute Gasteiger partial charge is 0.378 e. The summed E-state index contributed by atoms with van der Waals surface area (Å²) in [6.45, 7) is 1.85. The topological polar surface area (TPSA) is 45.0 Å². The first-order valence-electron chi connectivity index (χ1n) is 5.29. The maximum absolute atomic E-state index is 13.4. The zero-order chi connectivity index (χ0) is 12.3. The summed E-state index contributed by atoms with van der Waals surface area (Å²) in [6.07, 6.45) is 0. The SMILES string of the molecule is N#CC1(CNCc2cc(Br)ccc2F)COC1. The van der Waals surface area contributed by atoms with Crippen LogP contribution in [0.3, 0.4) is 0 Å². The summed E-state index contributed by atoms with van der Waals surface area (Å²) < 4.78 is 19.3. The highest BCUT2D eigenvalue weighted by atomic mass is 79.9. The van der Waals surface area contributed by atoms with Crippen LogP contribution in [-0.2, 0) is 11.3 Å². The molecule has 5 heteroatoms. The van der Waals surface area contributed by atoms with Crippen LogP contribution in [0.1, 0.15) is 5.56 Å². The molecule has 90 valence electrons. The second-order valence-electron chi connectivity index (χ2n) is 4.22. The van der Waals surface area contributed by atoms with Crippen molar-refractivity contribution >= 4 is 15.9 Å². The Morgan fingerprint density at radius 3 is 2.88 bits per heavy atom. The standard InChI is InChI=1S/C12H12BrFN2O/c13-10-1-2-11(14)9(3-10)4-16-6-12(5-15)7-17-8-12/h1-3,16H,4,6-8H2. The third kappa shape index (κ3) is 2.83. The smallest absolute Gasteiger partial charge is 0.127 e. The van der Waals surface area contributed by atoms with Gasteiger partial charge in [-0.2, -0.15) is 5.26 Å². The molecule has 0 amide bonds. The molecule has 1 saturated heterocycles. The molecule has 1 aliphatic heterocycles. The quantitative estimate of drug-likeness (QED) is 0.927. The molecule has 2 rings (SSSR count). The predicted molar refractivity (Wildman–Crippen MR) is 64.7 cm³/mol. The van der Waals surface area contributed by atoms with Gasteiger partial charge in [-0.15, -0.1) is 0 Å². The fraction of sp³-hybridized carbons (Fsp3) is 0.417. The Hall–Kier alpha value is -0.960. The molecule has 1 aromatic rings. The van der Waals surface area contributed by atoms with E-state index in [1.54, 1.807) is 12.1 Å². The lowest BCUT2D eigenvalue weighted by atomic mass is 9.88. The van der Waals surface area contributed by atoms with Crippen LogP contribution in [0.15, 0.2) is 22.7 Å². The van der Waals surface area contributed by atoms with Crippen LogP contribution < -0.4 is 5.32 Å². The van der Waals surface area contributed by atoms with Gasteiger partial charge in [0.15, 0.2) is 0 Å². The minimum Gasteiger partial charge on any atom is -0.378 e. The van der Waals surface area contributed by atoms with Crippen molar-refractivity contribution in [2.45, 2.75) is 6.54 Å². The van der Waals surface area contributed by atoms with E-state index in [0.29, 0.717) is 31.9 Å². The van der Waals surface area contributed by atoms with Gasteiger partial charge in [0.25, 0.3) is 0 Å². The Morgan fingerprint density at radius 2 is 2.29 bits per heavy atom. The third-order valence-electron chi connectivity index (χ3n) is 2.78. The number of benzene rings is 1. The van der Waals surface area contributed by atoms with Crippen LogP contribution in [0.5, 0.6) is 0 Å². The average molecular weight is 299 g/mol. The van der Waals surface area contributed by atoms with Crippen LogP contribution in [0, 0.1) is 22.6 Å². The Labute approximate surface area is 108 Å². The molecule has 1 N–H and O–H groups in total. The first-order chi connectivity index (χ1) is 8.15. The zero-order valence-corrected chi connectivity index (χ0v) is 10.8. The van der Waals surface area contributed by atoms with Crippen molar-refractivity contribution in [3.8, 4) is 6.07 Å². The van der Waals surface area contributed by atoms with E-state index in [-0.39, 0.29) is 5.82 Å². The van der Waals surface area contributed by atoms with Crippen molar-refractivity contribution in [1.82, 2.24) is 5.32 Å². The first-order valence-corrected chi connectivity index (χ1v) is 6.08. The fourth-order valence-corrected chi connectivity index (χ4v) is 2.08. The van der Waals surface area contributed by atoms with Gasteiger partial charge in [-0.05, 0) is 18.2 Å². The van der Waals surface area contributed by atoms with Gasteiger partial charge >= 0.3 is 0 Å². The number of hydrogen-bond acceptors (Lipinski definition) is 3. The summed E-state index contributed by atoms with van der Waals surface area (Å²) in [5.41, 5.74) is 0.162. The summed E-state index contributed by atoms with van der Waals surface area (Å²) in [4.78, 5) is 0. The van der Waals surface area contributed by atoms with E-state index in [9.17, 15) is 4.39 Å². The molecule has 1 aliphatic rings. The van der Waals surface area contributed by atoms with Crippen molar-refractivity contribution in [2.75, 3.05) is 19.8 Å². The molecule has 0 bridgehead atoms. The zero-order valence-electron chi connectivity index (χ0n) is 9.17. The van der Waals surface area contributed by atoms with Gasteiger partial charge in [-0.3, -0.25) is 0 Å². The lowest BCUT2D eigenvalue weighted by Crippen LogP contribution is -2.48. The normalized spacial score (nSPS) is 17.2. The van der Waals surface area contributed by atoms with Crippen molar-refractivity contribution in [2.24, 2.45) is 5.41 Å². The van der Waals surface area contributed by atoms with Crippen LogP contribution in [0.4, 0.5) is 4.39 Å². The summed E-state index contributed by atoms with van der Waals surface area (Å²) >= 11 is 3.30. The highest BCUT2D eigenvalue weighted by Gasteiger charge is 2.38. The van der Waals surface area contributed by atoms with E-state index < -0.39 is 5.41 Å². The number of halogens is 2. The highest BCUT2D eigenvalue weighted by Crippen LogP contribution is 2.25. The van der Waals surface area contributed by atoms with E-state index in [0.717, 1.165) is 4.47 Å². The van der Waals surface area contributed by atoms with Crippen LogP contribution in [-0.4, -0.2) is 19.8 Å². The van der Waals surface area contributed by atoms with Crippen molar-refractivity contribution < 1.29 is 9.13 Å². The van der Waals surface area contributed by atoms with Crippen LogP contribution in [0.2, 0.25) is 0 Å². The van der Waals surface area contributed by atoms with Gasteiger partial charge in [0.2, 0.25) is 0 Å². The fourth-order valence-electron chi connectivity index (χ4n) is 1.67. The van der Waals surface area contributed by atoms with Crippen molar-refractivity contribution in [3.63, 3.8) is 0 Å². The van der Waals surface area contributed by atoms with Crippen molar-refractivity contribution in [3.05, 3.63) is 34.1 Å². The Kier molecular flexibility index (Phi) is 3.77. The Morgan fingerprint density at radius 1 is 1.53 bits per heavy atom. The molecule has 0 aromatic heterocycles. The molecule has 0 atom stereocenters. The summed E-state index contributed by atoms with van der Waals surface area (Å²) in [5, 5.41) is 12.1. The number of nitriles is 1. The van der Waals surface area contributed by atoms with Gasteiger partial charge in [0, 0.05) is 23.1 Å². The number of nitrogens with one attached hydrogen (secondary N) is 1. The Bertz CT molecular complexity index is 454. The van der Waals surface area contributed by atoms with E-state index in [4.69, 9.17) is 10.00 Å². The van der Waals surface area contributed by atoms with Crippen molar-refractivity contribution in [1.29, 1.82) is 5.26 Å². The molecule has 0 saturated carbocycles. The molecular formula is C12H12BrFN2O. The molecule has 17 heavy (non-hydrogen) atoms. The van der Waals surface area contributed by atoms with E-state index in [1.165, 1.54) is 6.07 Å². The van der Waals surface area contributed by atoms with Crippen LogP contribution >= 0.6 is 15.9 Å². The highest BCUT2D eigenvalue weighted by molar-refractivity contribution is 9.10. The second kappa shape index (κ2) is 5.13. The molecule has 1 fully saturated rings. The average Bonchev–Trinajstić information content (AvgIpc) is 2.27. The first kappa shape index (κ1) is 12.5. The van der Waals surface area contributed by atoms with Gasteiger partial charge in [0.1, 0.15) is 11.2 Å². The summed E-state index contributed by atoms with van der Waals surface area (Å²) in [6, 6.07) is 7.06. The summed E-state index contributed by atoms with van der Waals surface area (Å²) in [7, 11) is 0. The van der Waals surface area contributed by atoms with Crippen LogP contribution in [0.25, 0.3) is 0 Å². The number of nitrogens with zero attached hydrogens (tertiary/aromatic N) is 1. The molecule has 0 unspecified atom stereocenters. The predicted octanol–water partition coefficient (Wildman–Crippen LogP) is 2.22. The summed E-state index contributed by atoms with van der Waals surface area (Å²) in [5.74, 6) is -0.239. The van der Waals surface area contributed by atoms with Gasteiger partial charge < -0.3 is 10.1 Å². The molecule has 1 heterocycles. The minimum atomic E-state index is -0.428. The molecule has 0 aliphatic carbocycles.